The van der Waals surface area contributed by atoms with E-state index in [2.05, 4.69) is 40.6 Å². The average Bonchev–Trinajstić information content (AvgIpc) is 2.69. The number of fused-ring (bicyclic) bond motifs is 1. The molecule has 0 atom stereocenters. The van der Waals surface area contributed by atoms with Crippen LogP contribution in [0.3, 0.4) is 0 Å². The topological polar surface area (TPSA) is 27.1 Å². The first-order valence-corrected chi connectivity index (χ1v) is 12.6. The molecule has 0 spiro atoms. The SMILES string of the molecule is C[Si](C)(C)CCOCn1cc(I)c2c(C(F)(F)F)c(Br)cnc21. The Morgan fingerprint density at radius 1 is 1.35 bits per heavy atom. The predicted octanol–water partition coefficient (Wildman–Crippen LogP) is 5.73. The minimum Gasteiger partial charge on any atom is -0.361 e. The summed E-state index contributed by atoms with van der Waals surface area (Å²) in [4.78, 5) is 4.14. The number of hydrogen-bond donors (Lipinski definition) is 0. The van der Waals surface area contributed by atoms with Crippen LogP contribution in [-0.2, 0) is 17.6 Å². The Bertz CT molecular complexity index is 713. The zero-order valence-electron chi connectivity index (χ0n) is 13.0. The number of rotatable bonds is 5. The number of aromatic nitrogens is 2. The third kappa shape index (κ3) is 4.70. The third-order valence-electron chi connectivity index (χ3n) is 3.30. The van der Waals surface area contributed by atoms with Crippen molar-refractivity contribution in [2.75, 3.05) is 6.61 Å². The second-order valence-corrected chi connectivity index (χ2v) is 14.1. The van der Waals surface area contributed by atoms with Crippen LogP contribution in [0.25, 0.3) is 11.0 Å². The van der Waals surface area contributed by atoms with E-state index in [-0.39, 0.29) is 22.2 Å². The summed E-state index contributed by atoms with van der Waals surface area (Å²) in [6.45, 7) is 7.56. The molecule has 0 saturated carbocycles. The van der Waals surface area contributed by atoms with Crippen LogP contribution < -0.4 is 0 Å². The van der Waals surface area contributed by atoms with Crippen molar-refractivity contribution in [3.05, 3.63) is 26.0 Å². The van der Waals surface area contributed by atoms with Gasteiger partial charge in [0, 0.05) is 40.5 Å². The molecule has 0 unspecified atom stereocenters. The molecule has 0 saturated heterocycles. The highest BCUT2D eigenvalue weighted by molar-refractivity contribution is 14.1. The van der Waals surface area contributed by atoms with E-state index < -0.39 is 19.8 Å². The molecule has 0 N–H and O–H groups in total. The maximum Gasteiger partial charge on any atom is 0.418 e. The maximum absolute atomic E-state index is 13.3. The quantitative estimate of drug-likeness (QED) is 0.286. The van der Waals surface area contributed by atoms with Gasteiger partial charge in [-0.15, -0.1) is 0 Å². The van der Waals surface area contributed by atoms with Gasteiger partial charge in [0.15, 0.2) is 0 Å². The first-order chi connectivity index (χ1) is 10.5. The van der Waals surface area contributed by atoms with E-state index in [1.54, 1.807) is 10.8 Å². The molecule has 2 aromatic heterocycles. The van der Waals surface area contributed by atoms with Crippen molar-refractivity contribution in [2.45, 2.75) is 38.6 Å². The Balaban J connectivity index is 2.30. The highest BCUT2D eigenvalue weighted by Crippen LogP contribution is 2.41. The second kappa shape index (κ2) is 7.01. The summed E-state index contributed by atoms with van der Waals surface area (Å²) < 4.78 is 47.6. The molecule has 0 aliphatic heterocycles. The molecule has 9 heteroatoms. The fourth-order valence-corrected chi connectivity index (χ4v) is 4.23. The minimum absolute atomic E-state index is 0.0483. The van der Waals surface area contributed by atoms with Crippen LogP contribution in [0.5, 0.6) is 0 Å². The highest BCUT2D eigenvalue weighted by atomic mass is 127. The summed E-state index contributed by atoms with van der Waals surface area (Å²) in [5.74, 6) is 0. The van der Waals surface area contributed by atoms with Gasteiger partial charge in [-0.2, -0.15) is 13.2 Å². The molecule has 0 aliphatic carbocycles. The lowest BCUT2D eigenvalue weighted by Gasteiger charge is -2.16. The van der Waals surface area contributed by atoms with Gasteiger partial charge in [-0.25, -0.2) is 4.98 Å². The standard InChI is InChI=1S/C14H17BrF3IN2OSi/c1-23(2,3)5-4-22-8-21-7-10(19)11-12(14(16,17)18)9(15)6-20-13(11)21/h6-7H,4-5,8H2,1-3H3. The number of hydrogen-bond acceptors (Lipinski definition) is 2. The van der Waals surface area contributed by atoms with Gasteiger partial charge in [0.2, 0.25) is 0 Å². The smallest absolute Gasteiger partial charge is 0.361 e. The lowest BCUT2D eigenvalue weighted by Crippen LogP contribution is -2.22. The van der Waals surface area contributed by atoms with Crippen LogP contribution in [0.4, 0.5) is 13.2 Å². The molecule has 0 amide bonds. The van der Waals surface area contributed by atoms with E-state index in [0.717, 1.165) is 6.04 Å². The molecule has 0 radical (unpaired) electrons. The van der Waals surface area contributed by atoms with Gasteiger partial charge in [-0.05, 0) is 44.6 Å². The van der Waals surface area contributed by atoms with Crippen LogP contribution in [-0.4, -0.2) is 24.2 Å². The largest absolute Gasteiger partial charge is 0.418 e. The Labute approximate surface area is 155 Å². The Kier molecular flexibility index (Phi) is 5.85. The lowest BCUT2D eigenvalue weighted by molar-refractivity contribution is -0.136. The average molecular weight is 521 g/mol. The van der Waals surface area contributed by atoms with Gasteiger partial charge in [0.25, 0.3) is 0 Å². The van der Waals surface area contributed by atoms with E-state index in [4.69, 9.17) is 4.74 Å². The highest BCUT2D eigenvalue weighted by Gasteiger charge is 2.37. The molecular weight excluding hydrogens is 504 g/mol. The van der Waals surface area contributed by atoms with E-state index in [9.17, 15) is 13.2 Å². The van der Waals surface area contributed by atoms with Gasteiger partial charge < -0.3 is 9.30 Å². The molecule has 3 nitrogen and oxygen atoms in total. The number of halogens is 5. The van der Waals surface area contributed by atoms with Gasteiger partial charge in [-0.1, -0.05) is 19.6 Å². The molecule has 2 heterocycles. The van der Waals surface area contributed by atoms with Crippen LogP contribution in [0.1, 0.15) is 5.56 Å². The van der Waals surface area contributed by atoms with Gasteiger partial charge in [0.05, 0.1) is 5.56 Å². The van der Waals surface area contributed by atoms with Crippen molar-refractivity contribution in [2.24, 2.45) is 0 Å². The van der Waals surface area contributed by atoms with Crippen molar-refractivity contribution >= 4 is 57.6 Å². The fraction of sp³-hybridized carbons (Fsp3) is 0.500. The molecule has 2 aromatic rings. The van der Waals surface area contributed by atoms with Gasteiger partial charge in [-0.3, -0.25) is 0 Å². The number of alkyl halides is 3. The maximum atomic E-state index is 13.3. The molecule has 23 heavy (non-hydrogen) atoms. The van der Waals surface area contributed by atoms with Gasteiger partial charge in [0.1, 0.15) is 12.4 Å². The van der Waals surface area contributed by atoms with Crippen molar-refractivity contribution < 1.29 is 17.9 Å². The minimum atomic E-state index is -4.44. The number of pyridine rings is 1. The van der Waals surface area contributed by atoms with E-state index in [0.29, 0.717) is 10.2 Å². The molecule has 0 bridgehead atoms. The monoisotopic (exact) mass is 520 g/mol. The molecule has 128 valence electrons. The summed E-state index contributed by atoms with van der Waals surface area (Å²) in [6.07, 6.45) is -1.60. The Hall–Kier alpha value is -0.133. The fourth-order valence-electron chi connectivity index (χ4n) is 2.10. The number of ether oxygens (including phenoxy) is 1. The summed E-state index contributed by atoms with van der Waals surface area (Å²) >= 11 is 4.87. The van der Waals surface area contributed by atoms with Crippen LogP contribution in [0.15, 0.2) is 16.9 Å². The van der Waals surface area contributed by atoms with Crippen molar-refractivity contribution in [3.63, 3.8) is 0 Å². The van der Waals surface area contributed by atoms with Crippen molar-refractivity contribution in [3.8, 4) is 0 Å². The number of nitrogens with zero attached hydrogens (tertiary/aromatic N) is 2. The van der Waals surface area contributed by atoms with Crippen LogP contribution in [0.2, 0.25) is 25.7 Å². The van der Waals surface area contributed by atoms with E-state index in [1.807, 2.05) is 22.6 Å². The predicted molar refractivity (Wildman–Crippen MR) is 99.3 cm³/mol. The van der Waals surface area contributed by atoms with Crippen LogP contribution >= 0.6 is 38.5 Å². The first kappa shape index (κ1) is 19.2. The second-order valence-electron chi connectivity index (χ2n) is 6.47. The zero-order valence-corrected chi connectivity index (χ0v) is 17.7. The summed E-state index contributed by atoms with van der Waals surface area (Å²) in [7, 11) is -1.19. The molecule has 0 aliphatic rings. The van der Waals surface area contributed by atoms with Crippen molar-refractivity contribution in [1.82, 2.24) is 9.55 Å². The third-order valence-corrected chi connectivity index (χ3v) is 6.43. The summed E-state index contributed by atoms with van der Waals surface area (Å²) in [5.41, 5.74) is -0.398. The Morgan fingerprint density at radius 2 is 2.00 bits per heavy atom. The molecular formula is C14H17BrF3IN2OSi. The van der Waals surface area contributed by atoms with Crippen molar-refractivity contribution in [1.29, 1.82) is 0 Å². The lowest BCUT2D eigenvalue weighted by atomic mass is 10.2. The molecule has 0 aromatic carbocycles. The van der Waals surface area contributed by atoms with E-state index >= 15 is 0 Å². The van der Waals surface area contributed by atoms with E-state index in [1.165, 1.54) is 6.20 Å². The molecule has 0 fully saturated rings. The van der Waals surface area contributed by atoms with Gasteiger partial charge >= 0.3 is 6.18 Å². The molecule has 2 rings (SSSR count). The normalized spacial score (nSPS) is 13.0. The first-order valence-electron chi connectivity index (χ1n) is 6.98. The summed E-state index contributed by atoms with van der Waals surface area (Å²) in [6, 6.07) is 1.01. The summed E-state index contributed by atoms with van der Waals surface area (Å²) in [5, 5.41) is 0.112. The Morgan fingerprint density at radius 3 is 2.57 bits per heavy atom. The zero-order chi connectivity index (χ0) is 17.4. The van der Waals surface area contributed by atoms with Crippen LogP contribution in [0, 0.1) is 3.57 Å².